The van der Waals surface area contributed by atoms with Crippen molar-refractivity contribution in [3.05, 3.63) is 29.8 Å². The van der Waals surface area contributed by atoms with Crippen LogP contribution in [0.3, 0.4) is 0 Å². The van der Waals surface area contributed by atoms with E-state index >= 15 is 0 Å². The molecule has 2 bridgehead atoms. The molecule has 1 aliphatic carbocycles. The molecule has 1 N–H and O–H groups in total. The van der Waals surface area contributed by atoms with Gasteiger partial charge in [0.2, 0.25) is 0 Å². The van der Waals surface area contributed by atoms with Gasteiger partial charge in [-0.25, -0.2) is 4.79 Å². The van der Waals surface area contributed by atoms with E-state index in [-0.39, 0.29) is 6.09 Å². The van der Waals surface area contributed by atoms with Gasteiger partial charge in [-0.3, -0.25) is 4.90 Å². The summed E-state index contributed by atoms with van der Waals surface area (Å²) in [6.07, 6.45) is 3.41. The van der Waals surface area contributed by atoms with Crippen molar-refractivity contribution in [2.75, 3.05) is 13.7 Å². The van der Waals surface area contributed by atoms with Crippen LogP contribution in [-0.2, 0) is 11.3 Å². The minimum absolute atomic E-state index is 0.323. The van der Waals surface area contributed by atoms with Gasteiger partial charge in [-0.2, -0.15) is 0 Å². The van der Waals surface area contributed by atoms with Gasteiger partial charge >= 0.3 is 6.09 Å². The summed E-state index contributed by atoms with van der Waals surface area (Å²) < 4.78 is 10.6. The molecular weight excluding hydrogens is 316 g/mol. The number of alkyl carbamates (subject to hydrolysis) is 1. The number of nitrogens with one attached hydrogen (secondary N) is 1. The standard InChI is InChI=1S/C20H30N2O3/c1-20(2,3)25-19(23)21-12-17-11-15-9-16(10-15)22(17)13-14-5-7-18(24-4)8-6-14/h5-8,15-17H,9-13H2,1-4H3,(H,21,23). The van der Waals surface area contributed by atoms with Gasteiger partial charge in [0.1, 0.15) is 11.4 Å². The molecule has 0 radical (unpaired) electrons. The van der Waals surface area contributed by atoms with Crippen molar-refractivity contribution in [3.63, 3.8) is 0 Å². The van der Waals surface area contributed by atoms with Crippen LogP contribution in [0.25, 0.3) is 0 Å². The number of hydrogen-bond acceptors (Lipinski definition) is 4. The Hall–Kier alpha value is -1.75. The topological polar surface area (TPSA) is 50.8 Å². The van der Waals surface area contributed by atoms with Crippen LogP contribution < -0.4 is 10.1 Å². The fourth-order valence-corrected chi connectivity index (χ4v) is 3.90. The van der Waals surface area contributed by atoms with Crippen LogP contribution in [0, 0.1) is 5.92 Å². The minimum atomic E-state index is -0.457. The third-order valence-electron chi connectivity index (χ3n) is 5.16. The van der Waals surface area contributed by atoms with Gasteiger partial charge in [-0.1, -0.05) is 12.1 Å². The normalized spacial score (nSPS) is 25.8. The van der Waals surface area contributed by atoms with E-state index in [2.05, 4.69) is 22.3 Å². The van der Waals surface area contributed by atoms with Gasteiger partial charge in [-0.05, 0) is 63.6 Å². The monoisotopic (exact) mass is 346 g/mol. The zero-order valence-electron chi connectivity index (χ0n) is 15.7. The second-order valence-electron chi connectivity index (χ2n) is 8.28. The average molecular weight is 346 g/mol. The fraction of sp³-hybridized carbons (Fsp3) is 0.650. The average Bonchev–Trinajstić information content (AvgIpc) is 2.52. The quantitative estimate of drug-likeness (QED) is 0.885. The number of piperidine rings is 2. The lowest BCUT2D eigenvalue weighted by Gasteiger charge is -2.54. The first-order valence-corrected chi connectivity index (χ1v) is 9.19. The second kappa shape index (κ2) is 7.24. The predicted molar refractivity (Wildman–Crippen MR) is 97.7 cm³/mol. The third-order valence-corrected chi connectivity index (χ3v) is 5.16. The summed E-state index contributed by atoms with van der Waals surface area (Å²) in [7, 11) is 1.69. The van der Waals surface area contributed by atoms with E-state index in [1.54, 1.807) is 7.11 Å². The van der Waals surface area contributed by atoms with Crippen LogP contribution >= 0.6 is 0 Å². The second-order valence-corrected chi connectivity index (χ2v) is 8.28. The van der Waals surface area contributed by atoms with Gasteiger partial charge in [0, 0.05) is 25.2 Å². The SMILES string of the molecule is COc1ccc(CN2C(CNC(=O)OC(C)(C)C)CC3CC2C3)cc1. The van der Waals surface area contributed by atoms with Gasteiger partial charge in [-0.15, -0.1) is 0 Å². The first kappa shape index (κ1) is 18.1. The molecule has 2 aliphatic heterocycles. The molecule has 3 aliphatic rings. The fourth-order valence-electron chi connectivity index (χ4n) is 3.90. The van der Waals surface area contributed by atoms with Gasteiger partial charge in [0.25, 0.3) is 0 Å². The highest BCUT2D eigenvalue weighted by atomic mass is 16.6. The van der Waals surface area contributed by atoms with Crippen molar-refractivity contribution in [1.82, 2.24) is 10.2 Å². The van der Waals surface area contributed by atoms with Crippen molar-refractivity contribution in [2.45, 2.75) is 64.3 Å². The number of carbonyl (C=O) groups excluding carboxylic acids is 1. The highest BCUT2D eigenvalue weighted by Crippen LogP contribution is 2.43. The van der Waals surface area contributed by atoms with E-state index in [9.17, 15) is 4.79 Å². The molecule has 0 spiro atoms. The largest absolute Gasteiger partial charge is 0.497 e. The van der Waals surface area contributed by atoms with Crippen LogP contribution in [0.5, 0.6) is 5.75 Å². The summed E-state index contributed by atoms with van der Waals surface area (Å²) >= 11 is 0. The minimum Gasteiger partial charge on any atom is -0.497 e. The Morgan fingerprint density at radius 3 is 2.48 bits per heavy atom. The first-order chi connectivity index (χ1) is 11.8. The molecule has 2 heterocycles. The molecule has 5 heteroatoms. The maximum atomic E-state index is 12.0. The number of carbonyl (C=O) groups is 1. The Labute approximate surface area is 150 Å². The molecule has 1 atom stereocenters. The summed E-state index contributed by atoms with van der Waals surface area (Å²) in [5.41, 5.74) is 0.829. The van der Waals surface area contributed by atoms with Crippen molar-refractivity contribution >= 4 is 6.09 Å². The lowest BCUT2D eigenvalue weighted by Crippen LogP contribution is -2.59. The van der Waals surface area contributed by atoms with Crippen LogP contribution in [0.4, 0.5) is 4.79 Å². The number of methoxy groups -OCH3 is 1. The molecule has 1 aromatic rings. The number of benzene rings is 1. The van der Waals surface area contributed by atoms with Crippen LogP contribution in [0.1, 0.15) is 45.6 Å². The Bertz CT molecular complexity index is 588. The molecule has 1 saturated carbocycles. The maximum absolute atomic E-state index is 12.0. The van der Waals surface area contributed by atoms with E-state index in [0.717, 1.165) is 24.6 Å². The smallest absolute Gasteiger partial charge is 0.407 e. The molecule has 5 nitrogen and oxygen atoms in total. The summed E-state index contributed by atoms with van der Waals surface area (Å²) in [6, 6.07) is 9.30. The van der Waals surface area contributed by atoms with Gasteiger partial charge in [0.15, 0.2) is 0 Å². The maximum Gasteiger partial charge on any atom is 0.407 e. The van der Waals surface area contributed by atoms with Gasteiger partial charge < -0.3 is 14.8 Å². The molecule has 4 rings (SSSR count). The highest BCUT2D eigenvalue weighted by molar-refractivity contribution is 5.67. The molecule has 2 saturated heterocycles. The zero-order chi connectivity index (χ0) is 18.0. The number of rotatable bonds is 5. The molecule has 25 heavy (non-hydrogen) atoms. The van der Waals surface area contributed by atoms with Crippen LogP contribution in [0.15, 0.2) is 24.3 Å². The zero-order valence-corrected chi connectivity index (χ0v) is 15.7. The molecule has 1 unspecified atom stereocenters. The molecule has 0 aromatic heterocycles. The summed E-state index contributed by atoms with van der Waals surface area (Å²) in [6.45, 7) is 7.23. The Morgan fingerprint density at radius 2 is 1.88 bits per heavy atom. The van der Waals surface area contributed by atoms with E-state index < -0.39 is 5.60 Å². The molecule has 138 valence electrons. The number of amides is 1. The lowest BCUT2D eigenvalue weighted by atomic mass is 9.70. The third kappa shape index (κ3) is 4.66. The van der Waals surface area contributed by atoms with Crippen molar-refractivity contribution < 1.29 is 14.3 Å². The van der Waals surface area contributed by atoms with E-state index in [1.165, 1.54) is 18.4 Å². The number of nitrogens with zero attached hydrogens (tertiary/aromatic N) is 1. The van der Waals surface area contributed by atoms with Crippen molar-refractivity contribution in [3.8, 4) is 5.75 Å². The van der Waals surface area contributed by atoms with Crippen molar-refractivity contribution in [1.29, 1.82) is 0 Å². The van der Waals surface area contributed by atoms with Crippen LogP contribution in [0.2, 0.25) is 0 Å². The summed E-state index contributed by atoms with van der Waals surface area (Å²) in [5.74, 6) is 1.71. The van der Waals surface area contributed by atoms with E-state index in [4.69, 9.17) is 9.47 Å². The number of ether oxygens (including phenoxy) is 2. The Kier molecular flexibility index (Phi) is 5.23. The predicted octanol–water partition coefficient (Wildman–Crippen LogP) is 3.57. The van der Waals surface area contributed by atoms with E-state index in [1.807, 2.05) is 32.9 Å². The molecule has 1 amide bonds. The Balaban J connectivity index is 1.58. The van der Waals surface area contributed by atoms with Crippen molar-refractivity contribution in [2.24, 2.45) is 5.92 Å². The molecule has 3 fully saturated rings. The molecule has 1 aromatic carbocycles. The lowest BCUT2D eigenvalue weighted by molar-refractivity contribution is -0.0382. The van der Waals surface area contributed by atoms with Gasteiger partial charge in [0.05, 0.1) is 7.11 Å². The highest BCUT2D eigenvalue weighted by Gasteiger charge is 2.43. The first-order valence-electron chi connectivity index (χ1n) is 9.19. The summed E-state index contributed by atoms with van der Waals surface area (Å²) in [4.78, 5) is 14.5. The molecular formula is C20H30N2O3. The number of hydrogen-bond donors (Lipinski definition) is 1. The van der Waals surface area contributed by atoms with E-state index in [0.29, 0.717) is 18.6 Å². The number of fused-ring (bicyclic) bond motifs is 2. The Morgan fingerprint density at radius 1 is 1.20 bits per heavy atom. The summed E-state index contributed by atoms with van der Waals surface area (Å²) in [5, 5.41) is 2.96. The van der Waals surface area contributed by atoms with Crippen LogP contribution in [-0.4, -0.2) is 42.3 Å².